The topological polar surface area (TPSA) is 51.9 Å². The van der Waals surface area contributed by atoms with Crippen molar-refractivity contribution in [1.29, 1.82) is 0 Å². The number of benzene rings is 1. The highest BCUT2D eigenvalue weighted by molar-refractivity contribution is 5.80. The molecule has 3 rings (SSSR count). The van der Waals surface area contributed by atoms with Gasteiger partial charge in [0.1, 0.15) is 11.9 Å². The average molecular weight is 381 g/mol. The Labute approximate surface area is 167 Å². The van der Waals surface area contributed by atoms with Gasteiger partial charge in [0, 0.05) is 32.4 Å². The van der Waals surface area contributed by atoms with E-state index in [0.717, 1.165) is 50.0 Å². The molecule has 0 aliphatic carbocycles. The van der Waals surface area contributed by atoms with E-state index in [1.54, 1.807) is 0 Å². The van der Waals surface area contributed by atoms with Gasteiger partial charge in [0.2, 0.25) is 5.91 Å². The molecule has 2 heterocycles. The molecular formula is C23H32N4O. The zero-order valence-corrected chi connectivity index (χ0v) is 17.3. The SMILES string of the molecule is CC(C)CC(C(=O)NCCCCCc1nc2ccccc2n1C)n1cccc1. The molecule has 1 atom stereocenters. The van der Waals surface area contributed by atoms with Gasteiger partial charge in [-0.2, -0.15) is 0 Å². The van der Waals surface area contributed by atoms with E-state index >= 15 is 0 Å². The maximum absolute atomic E-state index is 12.6. The van der Waals surface area contributed by atoms with Gasteiger partial charge in [0.15, 0.2) is 0 Å². The maximum Gasteiger partial charge on any atom is 0.243 e. The molecule has 1 N–H and O–H groups in total. The summed E-state index contributed by atoms with van der Waals surface area (Å²) < 4.78 is 4.20. The number of para-hydroxylation sites is 2. The third-order valence-electron chi connectivity index (χ3n) is 5.24. The molecule has 28 heavy (non-hydrogen) atoms. The van der Waals surface area contributed by atoms with Crippen LogP contribution in [0.1, 0.15) is 51.4 Å². The molecule has 0 aliphatic heterocycles. The predicted molar refractivity (Wildman–Crippen MR) is 114 cm³/mol. The Balaban J connectivity index is 1.41. The van der Waals surface area contributed by atoms with Crippen molar-refractivity contribution in [3.63, 3.8) is 0 Å². The first-order valence-electron chi connectivity index (χ1n) is 10.4. The summed E-state index contributed by atoms with van der Waals surface area (Å²) in [6, 6.07) is 12.1. The summed E-state index contributed by atoms with van der Waals surface area (Å²) in [6.07, 6.45) is 8.94. The number of unbranched alkanes of at least 4 members (excludes halogenated alkanes) is 2. The number of aryl methyl sites for hydroxylation is 2. The lowest BCUT2D eigenvalue weighted by molar-refractivity contribution is -0.124. The molecule has 1 amide bonds. The van der Waals surface area contributed by atoms with E-state index in [1.807, 2.05) is 35.2 Å². The molecule has 0 saturated carbocycles. The predicted octanol–water partition coefficient (Wildman–Crippen LogP) is 4.49. The molecule has 3 aromatic rings. The summed E-state index contributed by atoms with van der Waals surface area (Å²) in [6.45, 7) is 5.05. The number of amides is 1. The van der Waals surface area contributed by atoms with Gasteiger partial charge < -0.3 is 14.5 Å². The molecular weight excluding hydrogens is 348 g/mol. The van der Waals surface area contributed by atoms with Gasteiger partial charge in [0.05, 0.1) is 11.0 Å². The Morgan fingerprint density at radius 1 is 1.07 bits per heavy atom. The largest absolute Gasteiger partial charge is 0.354 e. The Morgan fingerprint density at radius 2 is 1.82 bits per heavy atom. The number of carbonyl (C=O) groups is 1. The fourth-order valence-corrected chi connectivity index (χ4v) is 3.70. The number of fused-ring (bicyclic) bond motifs is 1. The minimum atomic E-state index is -0.116. The van der Waals surface area contributed by atoms with Gasteiger partial charge in [-0.05, 0) is 49.4 Å². The third-order valence-corrected chi connectivity index (χ3v) is 5.24. The lowest BCUT2D eigenvalue weighted by atomic mass is 10.0. The lowest BCUT2D eigenvalue weighted by Gasteiger charge is -2.20. The van der Waals surface area contributed by atoms with Crippen LogP contribution in [0.4, 0.5) is 0 Å². The zero-order valence-electron chi connectivity index (χ0n) is 17.3. The first-order valence-corrected chi connectivity index (χ1v) is 10.4. The van der Waals surface area contributed by atoms with Crippen LogP contribution in [0.5, 0.6) is 0 Å². The molecule has 0 bridgehead atoms. The minimum Gasteiger partial charge on any atom is -0.354 e. The fraction of sp³-hybridized carbons (Fsp3) is 0.478. The van der Waals surface area contributed by atoms with Crippen molar-refractivity contribution in [2.24, 2.45) is 13.0 Å². The molecule has 5 heteroatoms. The molecule has 1 unspecified atom stereocenters. The summed E-state index contributed by atoms with van der Waals surface area (Å²) in [7, 11) is 2.08. The van der Waals surface area contributed by atoms with E-state index in [4.69, 9.17) is 4.98 Å². The summed E-state index contributed by atoms with van der Waals surface area (Å²) in [5.74, 6) is 1.74. The summed E-state index contributed by atoms with van der Waals surface area (Å²) >= 11 is 0. The highest BCUT2D eigenvalue weighted by atomic mass is 16.2. The van der Waals surface area contributed by atoms with Crippen LogP contribution in [-0.2, 0) is 18.3 Å². The van der Waals surface area contributed by atoms with Crippen LogP contribution in [0.2, 0.25) is 0 Å². The van der Waals surface area contributed by atoms with Crippen LogP contribution in [-0.4, -0.2) is 26.6 Å². The molecule has 0 radical (unpaired) electrons. The highest BCUT2D eigenvalue weighted by Crippen LogP contribution is 2.18. The van der Waals surface area contributed by atoms with E-state index in [1.165, 1.54) is 5.52 Å². The van der Waals surface area contributed by atoms with Gasteiger partial charge in [-0.15, -0.1) is 0 Å². The average Bonchev–Trinajstić information content (AvgIpc) is 3.31. The number of hydrogen-bond acceptors (Lipinski definition) is 2. The van der Waals surface area contributed by atoms with Gasteiger partial charge in [0.25, 0.3) is 0 Å². The van der Waals surface area contributed by atoms with Gasteiger partial charge in [-0.1, -0.05) is 32.4 Å². The van der Waals surface area contributed by atoms with Crippen molar-refractivity contribution in [2.75, 3.05) is 6.54 Å². The first-order chi connectivity index (χ1) is 13.6. The highest BCUT2D eigenvalue weighted by Gasteiger charge is 2.20. The second-order valence-electron chi connectivity index (χ2n) is 7.95. The summed E-state index contributed by atoms with van der Waals surface area (Å²) in [5, 5.41) is 3.13. The van der Waals surface area contributed by atoms with Crippen molar-refractivity contribution in [2.45, 2.75) is 52.0 Å². The fourth-order valence-electron chi connectivity index (χ4n) is 3.70. The molecule has 5 nitrogen and oxygen atoms in total. The van der Waals surface area contributed by atoms with Crippen LogP contribution in [0, 0.1) is 5.92 Å². The number of imidazole rings is 1. The number of hydrogen-bond donors (Lipinski definition) is 1. The maximum atomic E-state index is 12.6. The number of nitrogens with zero attached hydrogens (tertiary/aromatic N) is 3. The van der Waals surface area contributed by atoms with Crippen LogP contribution in [0.25, 0.3) is 11.0 Å². The van der Waals surface area contributed by atoms with E-state index in [9.17, 15) is 4.79 Å². The zero-order chi connectivity index (χ0) is 19.9. The molecule has 2 aromatic heterocycles. The molecule has 0 saturated heterocycles. The second kappa shape index (κ2) is 9.58. The lowest BCUT2D eigenvalue weighted by Crippen LogP contribution is -2.33. The van der Waals surface area contributed by atoms with Gasteiger partial charge >= 0.3 is 0 Å². The number of carbonyl (C=O) groups excluding carboxylic acids is 1. The molecule has 150 valence electrons. The smallest absolute Gasteiger partial charge is 0.243 e. The van der Waals surface area contributed by atoms with E-state index in [0.29, 0.717) is 5.92 Å². The summed E-state index contributed by atoms with van der Waals surface area (Å²) in [5.41, 5.74) is 2.25. The van der Waals surface area contributed by atoms with Crippen LogP contribution in [0.15, 0.2) is 48.8 Å². The molecule has 0 aliphatic rings. The summed E-state index contributed by atoms with van der Waals surface area (Å²) in [4.78, 5) is 17.4. The second-order valence-corrected chi connectivity index (χ2v) is 7.95. The van der Waals surface area contributed by atoms with Crippen LogP contribution in [0.3, 0.4) is 0 Å². The Hall–Kier alpha value is -2.56. The normalized spacial score (nSPS) is 12.6. The van der Waals surface area contributed by atoms with E-state index < -0.39 is 0 Å². The van der Waals surface area contributed by atoms with Crippen molar-refractivity contribution in [3.8, 4) is 0 Å². The monoisotopic (exact) mass is 380 g/mol. The van der Waals surface area contributed by atoms with E-state index in [-0.39, 0.29) is 11.9 Å². The van der Waals surface area contributed by atoms with Gasteiger partial charge in [-0.25, -0.2) is 4.98 Å². The molecule has 0 fully saturated rings. The van der Waals surface area contributed by atoms with Crippen molar-refractivity contribution >= 4 is 16.9 Å². The number of rotatable bonds is 10. The van der Waals surface area contributed by atoms with E-state index in [2.05, 4.69) is 49.0 Å². The molecule has 1 aromatic carbocycles. The van der Waals surface area contributed by atoms with Crippen LogP contribution >= 0.6 is 0 Å². The Kier molecular flexibility index (Phi) is 6.90. The Bertz CT molecular complexity index is 879. The van der Waals surface area contributed by atoms with Crippen LogP contribution < -0.4 is 5.32 Å². The molecule has 0 spiro atoms. The quantitative estimate of drug-likeness (QED) is 0.527. The van der Waals surface area contributed by atoms with Crippen molar-refractivity contribution < 1.29 is 4.79 Å². The minimum absolute atomic E-state index is 0.116. The number of nitrogens with one attached hydrogen (secondary N) is 1. The Morgan fingerprint density at radius 3 is 2.54 bits per heavy atom. The van der Waals surface area contributed by atoms with Crippen molar-refractivity contribution in [3.05, 3.63) is 54.6 Å². The third kappa shape index (κ3) is 5.03. The first kappa shape index (κ1) is 20.2. The standard InChI is InChI=1S/C23H32N4O/c1-18(2)17-21(27-15-9-10-16-27)23(28)24-14-8-4-5-13-22-25-19-11-6-7-12-20(19)26(22)3/h6-7,9-12,15-16,18,21H,4-5,8,13-14,17H2,1-3H3,(H,24,28). The number of aromatic nitrogens is 3. The van der Waals surface area contributed by atoms with Crippen molar-refractivity contribution in [1.82, 2.24) is 19.4 Å². The van der Waals surface area contributed by atoms with Gasteiger partial charge in [-0.3, -0.25) is 4.79 Å².